The minimum Gasteiger partial charge on any atom is -0.460 e. The van der Waals surface area contributed by atoms with E-state index >= 15 is 0 Å². The first kappa shape index (κ1) is 35.5. The molecule has 1 atom stereocenters. The first-order valence-electron chi connectivity index (χ1n) is 13.4. The van der Waals surface area contributed by atoms with Gasteiger partial charge in [0.15, 0.2) is 0 Å². The maximum Gasteiger partial charge on any atom is 0.333 e. The summed E-state index contributed by atoms with van der Waals surface area (Å²) in [7, 11) is 0. The number of unbranched alkanes of at least 4 members (excludes halogenated alkanes) is 5. The minimum atomic E-state index is -1.55. The van der Waals surface area contributed by atoms with Gasteiger partial charge in [-0.1, -0.05) is 72.1 Å². The van der Waals surface area contributed by atoms with Crippen LogP contribution in [-0.2, 0) is 42.8 Å². The van der Waals surface area contributed by atoms with Gasteiger partial charge in [-0.2, -0.15) is 0 Å². The summed E-state index contributed by atoms with van der Waals surface area (Å²) in [5, 5.41) is 0. The lowest BCUT2D eigenvalue weighted by Gasteiger charge is -2.38. The number of esters is 3. The third kappa shape index (κ3) is 15.7. The molecule has 38 heavy (non-hydrogen) atoms. The molecule has 0 aliphatic carbocycles. The van der Waals surface area contributed by atoms with Gasteiger partial charge in [0.25, 0.3) is 5.97 Å². The largest absolute Gasteiger partial charge is 0.460 e. The summed E-state index contributed by atoms with van der Waals surface area (Å²) in [5.74, 6) is -3.39. The topological polar surface area (TPSA) is 107 Å². The fourth-order valence-corrected chi connectivity index (χ4v) is 3.28. The number of ether oxygens (including phenoxy) is 6. The summed E-state index contributed by atoms with van der Waals surface area (Å²) >= 11 is 0. The highest BCUT2D eigenvalue weighted by Gasteiger charge is 2.40. The maximum absolute atomic E-state index is 11.8. The number of carbonyl (C=O) groups excluding carboxylic acids is 3. The zero-order valence-corrected chi connectivity index (χ0v) is 24.1. The van der Waals surface area contributed by atoms with E-state index in [0.29, 0.717) is 0 Å². The molecule has 0 spiro atoms. The van der Waals surface area contributed by atoms with Crippen molar-refractivity contribution in [3.63, 3.8) is 0 Å². The summed E-state index contributed by atoms with van der Waals surface area (Å²) in [6.45, 7) is 19.3. The van der Waals surface area contributed by atoms with Gasteiger partial charge in [0.2, 0.25) is 0 Å². The molecule has 0 amide bonds. The molecule has 0 aliphatic rings. The molecular weight excluding hydrogens is 492 g/mol. The van der Waals surface area contributed by atoms with Crippen LogP contribution in [0.4, 0.5) is 0 Å². The SMILES string of the molecule is C=C(C)C(=O)OCCOC(OCCOC(=O)C(=C)C)(OCCOC(=O)C(=C)C)C(C)CCCCCCCC. The second-order valence-corrected chi connectivity index (χ2v) is 9.36. The second kappa shape index (κ2) is 20.5. The van der Waals surface area contributed by atoms with Crippen molar-refractivity contribution in [2.45, 2.75) is 85.5 Å². The van der Waals surface area contributed by atoms with Crippen molar-refractivity contribution in [1.82, 2.24) is 0 Å². The molecule has 0 fully saturated rings. The van der Waals surface area contributed by atoms with Gasteiger partial charge in [-0.25, -0.2) is 14.4 Å². The Balaban J connectivity index is 5.43. The van der Waals surface area contributed by atoms with E-state index in [1.54, 1.807) is 20.8 Å². The lowest BCUT2D eigenvalue weighted by Crippen LogP contribution is -2.47. The molecule has 0 aromatic heterocycles. The summed E-state index contributed by atoms with van der Waals surface area (Å²) in [6, 6.07) is 0. The van der Waals surface area contributed by atoms with E-state index in [-0.39, 0.29) is 62.3 Å². The normalized spacial score (nSPS) is 11.9. The average molecular weight is 541 g/mol. The Hall–Kier alpha value is -2.49. The van der Waals surface area contributed by atoms with Gasteiger partial charge in [0.05, 0.1) is 19.8 Å². The molecule has 0 saturated carbocycles. The van der Waals surface area contributed by atoms with Gasteiger partial charge < -0.3 is 28.4 Å². The summed E-state index contributed by atoms with van der Waals surface area (Å²) in [6.07, 6.45) is 7.44. The molecule has 0 aromatic carbocycles. The van der Waals surface area contributed by atoms with Crippen LogP contribution in [0.1, 0.15) is 79.6 Å². The molecule has 0 aromatic rings. The molecule has 0 bridgehead atoms. The molecule has 0 radical (unpaired) electrons. The van der Waals surface area contributed by atoms with Crippen molar-refractivity contribution in [2.24, 2.45) is 5.92 Å². The highest BCUT2D eigenvalue weighted by atomic mass is 16.9. The number of rotatable bonds is 23. The van der Waals surface area contributed by atoms with Gasteiger partial charge in [-0.05, 0) is 27.2 Å². The number of carbonyl (C=O) groups is 3. The zero-order chi connectivity index (χ0) is 29.0. The molecule has 1 unspecified atom stereocenters. The fourth-order valence-electron chi connectivity index (χ4n) is 3.28. The highest BCUT2D eigenvalue weighted by Crippen LogP contribution is 2.30. The Kier molecular flexibility index (Phi) is 19.1. The number of hydrogen-bond acceptors (Lipinski definition) is 9. The Labute approximate surface area is 228 Å². The second-order valence-electron chi connectivity index (χ2n) is 9.36. The first-order chi connectivity index (χ1) is 18.0. The van der Waals surface area contributed by atoms with Crippen LogP contribution in [0.15, 0.2) is 36.5 Å². The van der Waals surface area contributed by atoms with Gasteiger partial charge in [0, 0.05) is 22.6 Å². The van der Waals surface area contributed by atoms with Crippen LogP contribution in [0, 0.1) is 5.92 Å². The van der Waals surface area contributed by atoms with Crippen LogP contribution in [0.2, 0.25) is 0 Å². The highest BCUT2D eigenvalue weighted by molar-refractivity contribution is 5.87. The van der Waals surface area contributed by atoms with Crippen LogP contribution < -0.4 is 0 Å². The molecule has 9 heteroatoms. The van der Waals surface area contributed by atoms with E-state index < -0.39 is 23.9 Å². The molecule has 218 valence electrons. The standard InChI is InChI=1S/C29H48O9/c1-9-10-11-12-13-14-15-25(8)29(36-19-16-33-26(30)22(2)3,37-20-17-34-27(31)23(4)5)38-21-18-35-28(32)24(6)7/h25H,2,4,6,9-21H2,1,3,5,7-8H3. The van der Waals surface area contributed by atoms with Crippen molar-refractivity contribution in [1.29, 1.82) is 0 Å². The van der Waals surface area contributed by atoms with E-state index in [1.807, 2.05) is 6.92 Å². The molecule has 0 saturated heterocycles. The molecule has 0 N–H and O–H groups in total. The lowest BCUT2D eigenvalue weighted by atomic mass is 9.99. The van der Waals surface area contributed by atoms with Crippen molar-refractivity contribution >= 4 is 17.9 Å². The van der Waals surface area contributed by atoms with Crippen molar-refractivity contribution < 1.29 is 42.8 Å². The van der Waals surface area contributed by atoms with Crippen LogP contribution >= 0.6 is 0 Å². The Morgan fingerprint density at radius 2 is 0.947 bits per heavy atom. The van der Waals surface area contributed by atoms with Crippen molar-refractivity contribution in [3.8, 4) is 0 Å². The predicted octanol–water partition coefficient (Wildman–Crippen LogP) is 5.43. The van der Waals surface area contributed by atoms with E-state index in [4.69, 9.17) is 28.4 Å². The smallest absolute Gasteiger partial charge is 0.333 e. The zero-order valence-electron chi connectivity index (χ0n) is 24.1. The molecule has 9 nitrogen and oxygen atoms in total. The van der Waals surface area contributed by atoms with E-state index in [2.05, 4.69) is 26.7 Å². The van der Waals surface area contributed by atoms with Crippen LogP contribution in [0.5, 0.6) is 0 Å². The first-order valence-corrected chi connectivity index (χ1v) is 13.4. The molecular formula is C29H48O9. The maximum atomic E-state index is 11.8. The summed E-state index contributed by atoms with van der Waals surface area (Å²) in [4.78, 5) is 35.3. The van der Waals surface area contributed by atoms with E-state index in [9.17, 15) is 14.4 Å². The van der Waals surface area contributed by atoms with Crippen molar-refractivity contribution in [2.75, 3.05) is 39.6 Å². The Morgan fingerprint density at radius 1 is 0.605 bits per heavy atom. The summed E-state index contributed by atoms with van der Waals surface area (Å²) in [5.41, 5.74) is 0.830. The van der Waals surface area contributed by atoms with E-state index in [1.165, 1.54) is 19.3 Å². The van der Waals surface area contributed by atoms with Gasteiger partial charge in [-0.15, -0.1) is 0 Å². The Morgan fingerprint density at radius 3 is 1.29 bits per heavy atom. The van der Waals surface area contributed by atoms with Gasteiger partial charge >= 0.3 is 17.9 Å². The van der Waals surface area contributed by atoms with Gasteiger partial charge in [0.1, 0.15) is 19.8 Å². The minimum absolute atomic E-state index is 0.0169. The van der Waals surface area contributed by atoms with E-state index in [0.717, 1.165) is 25.7 Å². The molecule has 0 aliphatic heterocycles. The fraction of sp³-hybridized carbons (Fsp3) is 0.690. The Bertz CT molecular complexity index is 688. The third-order valence-corrected chi connectivity index (χ3v) is 5.50. The van der Waals surface area contributed by atoms with Gasteiger partial charge in [-0.3, -0.25) is 0 Å². The quantitative estimate of drug-likeness (QED) is 0.0551. The van der Waals surface area contributed by atoms with Crippen molar-refractivity contribution in [3.05, 3.63) is 36.5 Å². The molecule has 0 rings (SSSR count). The predicted molar refractivity (Wildman–Crippen MR) is 145 cm³/mol. The third-order valence-electron chi connectivity index (χ3n) is 5.50. The van der Waals surface area contributed by atoms with Crippen LogP contribution in [0.25, 0.3) is 0 Å². The van der Waals surface area contributed by atoms with Crippen LogP contribution in [0.3, 0.4) is 0 Å². The number of hydrogen-bond donors (Lipinski definition) is 0. The monoisotopic (exact) mass is 540 g/mol. The lowest BCUT2D eigenvalue weighted by molar-refractivity contribution is -0.406. The average Bonchev–Trinajstić information content (AvgIpc) is 2.87. The summed E-state index contributed by atoms with van der Waals surface area (Å²) < 4.78 is 33.6. The van der Waals surface area contributed by atoms with Crippen LogP contribution in [-0.4, -0.2) is 63.5 Å². The molecule has 0 heterocycles.